The molecule has 0 amide bonds. The summed E-state index contributed by atoms with van der Waals surface area (Å²) in [6.45, 7) is 0. The Kier molecular flexibility index (Phi) is 21.0. The number of hydrogen-bond donors (Lipinski definition) is 0. The molecule has 2 rings (SSSR count). The van der Waals surface area contributed by atoms with Crippen LogP contribution in [0.5, 0.6) is 0 Å². The molecule has 124 valence electrons. The van der Waals surface area contributed by atoms with E-state index in [9.17, 15) is 29.4 Å². The number of hydrogen-bond acceptors (Lipinski definition) is 6. The van der Waals surface area contributed by atoms with Gasteiger partial charge in [0.15, 0.2) is 0 Å². The van der Waals surface area contributed by atoms with Crippen molar-refractivity contribution in [3.63, 3.8) is 0 Å². The minimum Gasteiger partial charge on any atom is -0.685 e. The van der Waals surface area contributed by atoms with Crippen LogP contribution in [0.2, 0.25) is 0 Å². The summed E-state index contributed by atoms with van der Waals surface area (Å²) >= 11 is 0. The molecule has 0 saturated carbocycles. The van der Waals surface area contributed by atoms with Crippen molar-refractivity contribution < 1.29 is 148 Å². The molecule has 2 aromatic rings. The van der Waals surface area contributed by atoms with Gasteiger partial charge in [-0.15, -0.1) is 15.9 Å². The summed E-state index contributed by atoms with van der Waals surface area (Å²) in [6.07, 6.45) is -0.530. The summed E-state index contributed by atoms with van der Waals surface area (Å²) in [7, 11) is -12.6. The molecule has 0 saturated heterocycles. The van der Waals surface area contributed by atoms with E-state index >= 15 is 0 Å². The Labute approximate surface area is 250 Å². The van der Waals surface area contributed by atoms with Gasteiger partial charge in [0, 0.05) is 6.16 Å². The quantitative estimate of drug-likeness (QED) is 0.309. The van der Waals surface area contributed by atoms with Crippen molar-refractivity contribution in [2.24, 2.45) is 0 Å². The first kappa shape index (κ1) is 35.1. The van der Waals surface area contributed by atoms with Gasteiger partial charge in [-0.25, -0.2) is 0 Å². The van der Waals surface area contributed by atoms with Crippen LogP contribution in [0.4, 0.5) is 0 Å². The largest absolute Gasteiger partial charge is 1.00 e. The molecule has 0 atom stereocenters. The van der Waals surface area contributed by atoms with E-state index in [1.54, 1.807) is 60.7 Å². The SMILES string of the molecule is [Na+].[Na+].[Na+].[Na+].[O-][P+]([O-])([O-])C(CP(c1ccccc1)c1ccccc1)[P+]([O-])([O-])[O-]. The minimum absolute atomic E-state index is 0. The summed E-state index contributed by atoms with van der Waals surface area (Å²) in [5, 5.41) is -1.05. The van der Waals surface area contributed by atoms with Crippen molar-refractivity contribution >= 4 is 34.4 Å². The van der Waals surface area contributed by atoms with Crippen LogP contribution in [0.3, 0.4) is 0 Å². The first-order valence-corrected chi connectivity index (χ1v) is 11.4. The molecule has 27 heavy (non-hydrogen) atoms. The maximum absolute atomic E-state index is 11.3. The van der Waals surface area contributed by atoms with Crippen molar-refractivity contribution in [3.05, 3.63) is 60.7 Å². The standard InChI is InChI=1S/C14H17O6P3.4Na/c15-22(16,17)14(23(18,19)20)11-21(12-7-3-1-4-8-12)13-9-5-2-6-10-13;;;;/h1-10,14H,11H2,(H2,15,16,17)(H2,18,19,20);;;;/q;4*+1/p-4. The Morgan fingerprint density at radius 1 is 0.593 bits per heavy atom. The third-order valence-electron chi connectivity index (χ3n) is 3.21. The molecule has 6 nitrogen and oxygen atoms in total. The Balaban J connectivity index is -0.00000144. The molecule has 0 aliphatic heterocycles. The van der Waals surface area contributed by atoms with Crippen molar-refractivity contribution in [3.8, 4) is 0 Å². The van der Waals surface area contributed by atoms with E-state index in [4.69, 9.17) is 0 Å². The molecule has 0 aliphatic rings. The van der Waals surface area contributed by atoms with Gasteiger partial charge in [0.2, 0.25) is 0 Å². The predicted octanol–water partition coefficient (Wildman–Crippen LogP) is -14.9. The zero-order chi connectivity index (χ0) is 17.1. The van der Waals surface area contributed by atoms with E-state index in [1.807, 2.05) is 0 Å². The van der Waals surface area contributed by atoms with E-state index < -0.39 is 35.4 Å². The summed E-state index contributed by atoms with van der Waals surface area (Å²) in [6, 6.07) is 17.3. The van der Waals surface area contributed by atoms with Crippen LogP contribution in [0.15, 0.2) is 60.7 Å². The Morgan fingerprint density at radius 3 is 1.15 bits per heavy atom. The molecule has 2 aromatic carbocycles. The van der Waals surface area contributed by atoms with Crippen molar-refractivity contribution in [1.82, 2.24) is 0 Å². The molecule has 0 aromatic heterocycles. The van der Waals surface area contributed by atoms with Gasteiger partial charge in [0.1, 0.15) is 5.40 Å². The first-order valence-electron chi connectivity index (χ1n) is 6.60. The number of rotatable bonds is 6. The average Bonchev–Trinajstić information content (AvgIpc) is 2.47. The molecule has 0 N–H and O–H groups in total. The Morgan fingerprint density at radius 2 is 0.889 bits per heavy atom. The van der Waals surface area contributed by atoms with E-state index in [0.29, 0.717) is 10.6 Å². The maximum Gasteiger partial charge on any atom is 1.00 e. The molecule has 0 unspecified atom stereocenters. The van der Waals surface area contributed by atoms with Gasteiger partial charge < -0.3 is 29.4 Å². The van der Waals surface area contributed by atoms with Crippen LogP contribution in [-0.4, -0.2) is 11.6 Å². The second kappa shape index (κ2) is 16.2. The molecule has 0 radical (unpaired) electrons. The van der Waals surface area contributed by atoms with Crippen molar-refractivity contribution in [2.45, 2.75) is 5.40 Å². The van der Waals surface area contributed by atoms with E-state index in [1.165, 1.54) is 0 Å². The molecule has 0 bridgehead atoms. The van der Waals surface area contributed by atoms with Crippen molar-refractivity contribution in [2.75, 3.05) is 6.16 Å². The molecular formula is C14H13Na4O6P3. The van der Waals surface area contributed by atoms with Gasteiger partial charge in [-0.3, -0.25) is 0 Å². The van der Waals surface area contributed by atoms with E-state index in [2.05, 4.69) is 0 Å². The second-order valence-corrected chi connectivity index (χ2v) is 10.9. The second-order valence-electron chi connectivity index (χ2n) is 4.84. The van der Waals surface area contributed by atoms with Crippen molar-refractivity contribution in [1.29, 1.82) is 0 Å². The Bertz CT molecular complexity index is 575. The van der Waals surface area contributed by atoms with Gasteiger partial charge in [-0.05, 0) is 18.5 Å². The van der Waals surface area contributed by atoms with Crippen LogP contribution >= 0.6 is 23.8 Å². The number of benzene rings is 2. The topological polar surface area (TPSA) is 138 Å². The van der Waals surface area contributed by atoms with Gasteiger partial charge in [0.05, 0.1) is 0 Å². The summed E-state index contributed by atoms with van der Waals surface area (Å²) < 4.78 is 0. The van der Waals surface area contributed by atoms with Gasteiger partial charge in [0.25, 0.3) is 0 Å². The smallest absolute Gasteiger partial charge is 0.685 e. The fourth-order valence-electron chi connectivity index (χ4n) is 2.11. The zero-order valence-corrected chi connectivity index (χ0v) is 26.5. The van der Waals surface area contributed by atoms with Gasteiger partial charge >= 0.3 is 118 Å². The summed E-state index contributed by atoms with van der Waals surface area (Å²) in [5.74, 6) is 0. The molecule has 0 fully saturated rings. The van der Waals surface area contributed by atoms with E-state index in [-0.39, 0.29) is 118 Å². The fraction of sp³-hybridized carbons (Fsp3) is 0.143. The summed E-state index contributed by atoms with van der Waals surface area (Å²) in [5.41, 5.74) is 0. The third-order valence-corrected chi connectivity index (χ3v) is 9.88. The third kappa shape index (κ3) is 11.8. The summed E-state index contributed by atoms with van der Waals surface area (Å²) in [4.78, 5) is 67.7. The van der Waals surface area contributed by atoms with Crippen LogP contribution in [0.1, 0.15) is 0 Å². The monoisotopic (exact) mass is 462 g/mol. The normalized spacial score (nSPS) is 11.0. The van der Waals surface area contributed by atoms with Gasteiger partial charge in [-0.2, -0.15) is 0 Å². The molecule has 0 heterocycles. The maximum atomic E-state index is 11.3. The van der Waals surface area contributed by atoms with Crippen LogP contribution in [-0.2, 0) is 0 Å². The first-order chi connectivity index (χ1) is 10.7. The van der Waals surface area contributed by atoms with Crippen LogP contribution in [0, 0.1) is 0 Å². The predicted molar refractivity (Wildman–Crippen MR) is 81.6 cm³/mol. The molecule has 0 aliphatic carbocycles. The fourth-order valence-corrected chi connectivity index (χ4v) is 8.19. The molecule has 0 spiro atoms. The average molecular weight is 462 g/mol. The molecule has 13 heteroatoms. The molecular weight excluding hydrogens is 449 g/mol. The van der Waals surface area contributed by atoms with E-state index in [0.717, 1.165) is 0 Å². The van der Waals surface area contributed by atoms with Gasteiger partial charge in [-0.1, -0.05) is 60.7 Å². The zero-order valence-electron chi connectivity index (χ0n) is 15.8. The minimum atomic E-state index is -5.56. The van der Waals surface area contributed by atoms with Crippen LogP contribution in [0.25, 0.3) is 0 Å². The van der Waals surface area contributed by atoms with Crippen LogP contribution < -0.4 is 158 Å². The Hall–Kier alpha value is 3.49.